The Kier molecular flexibility index (Phi) is 3.32. The van der Waals surface area contributed by atoms with Gasteiger partial charge in [-0.1, -0.05) is 23.8 Å². The van der Waals surface area contributed by atoms with Gasteiger partial charge in [-0.05, 0) is 44.9 Å². The second-order valence-electron chi connectivity index (χ2n) is 5.09. The van der Waals surface area contributed by atoms with Gasteiger partial charge < -0.3 is 10.6 Å². The molecule has 1 aromatic carbocycles. The van der Waals surface area contributed by atoms with Gasteiger partial charge in [0.15, 0.2) is 0 Å². The number of benzene rings is 1. The van der Waals surface area contributed by atoms with Gasteiger partial charge in [-0.25, -0.2) is 0 Å². The van der Waals surface area contributed by atoms with E-state index in [-0.39, 0.29) is 5.54 Å². The van der Waals surface area contributed by atoms with E-state index < -0.39 is 0 Å². The Hall–Kier alpha value is -0.800. The molecule has 0 aliphatic carbocycles. The summed E-state index contributed by atoms with van der Waals surface area (Å²) in [5.74, 6) is 0. The van der Waals surface area contributed by atoms with E-state index in [0.717, 1.165) is 22.8 Å². The molecule has 4 heteroatoms. The minimum atomic E-state index is 0.143. The standard InChI is InChI=1S/C13H17ClN2S/c1-13(2)6-3-7-16(13)11-8-9(14)4-5-10(11)12(15)17/h4-5,8H,3,6-7H2,1-2H3,(H2,15,17). The van der Waals surface area contributed by atoms with Crippen LogP contribution in [0.25, 0.3) is 0 Å². The topological polar surface area (TPSA) is 29.3 Å². The zero-order chi connectivity index (χ0) is 12.6. The number of halogens is 1. The molecule has 1 heterocycles. The number of hydrogen-bond donors (Lipinski definition) is 1. The van der Waals surface area contributed by atoms with Crippen LogP contribution in [0.5, 0.6) is 0 Å². The third-order valence-corrected chi connectivity index (χ3v) is 3.87. The van der Waals surface area contributed by atoms with Crippen LogP contribution in [0.3, 0.4) is 0 Å². The molecular formula is C13H17ClN2S. The molecule has 0 amide bonds. The molecule has 1 aromatic rings. The largest absolute Gasteiger partial charge is 0.389 e. The minimum Gasteiger partial charge on any atom is -0.389 e. The van der Waals surface area contributed by atoms with Gasteiger partial charge in [-0.3, -0.25) is 0 Å². The van der Waals surface area contributed by atoms with Gasteiger partial charge in [0.2, 0.25) is 0 Å². The van der Waals surface area contributed by atoms with Crippen LogP contribution in [0.1, 0.15) is 32.3 Å². The third kappa shape index (κ3) is 2.40. The van der Waals surface area contributed by atoms with Crippen LogP contribution in [0, 0.1) is 0 Å². The molecule has 0 saturated carbocycles. The van der Waals surface area contributed by atoms with Crippen molar-refractivity contribution in [3.8, 4) is 0 Å². The first-order chi connectivity index (χ1) is 7.92. The van der Waals surface area contributed by atoms with E-state index in [4.69, 9.17) is 29.6 Å². The molecule has 2 nitrogen and oxygen atoms in total. The Morgan fingerprint density at radius 3 is 2.71 bits per heavy atom. The molecule has 1 aliphatic heterocycles. The third-order valence-electron chi connectivity index (χ3n) is 3.42. The molecule has 1 fully saturated rings. The SMILES string of the molecule is CC1(C)CCCN1c1cc(Cl)ccc1C(N)=S. The lowest BCUT2D eigenvalue weighted by Gasteiger charge is -2.35. The van der Waals surface area contributed by atoms with E-state index in [2.05, 4.69) is 18.7 Å². The van der Waals surface area contributed by atoms with E-state index in [1.807, 2.05) is 18.2 Å². The average molecular weight is 269 g/mol. The van der Waals surface area contributed by atoms with Gasteiger partial charge in [-0.2, -0.15) is 0 Å². The van der Waals surface area contributed by atoms with Crippen molar-refractivity contribution in [2.45, 2.75) is 32.2 Å². The zero-order valence-electron chi connectivity index (χ0n) is 10.2. The summed E-state index contributed by atoms with van der Waals surface area (Å²) in [6.07, 6.45) is 2.37. The first-order valence-corrected chi connectivity index (χ1v) is 6.57. The Bertz CT molecular complexity index is 457. The van der Waals surface area contributed by atoms with Crippen LogP contribution in [0.4, 0.5) is 5.69 Å². The zero-order valence-corrected chi connectivity index (χ0v) is 11.7. The first-order valence-electron chi connectivity index (χ1n) is 5.79. The van der Waals surface area contributed by atoms with Crippen LogP contribution in [-0.4, -0.2) is 17.1 Å². The summed E-state index contributed by atoms with van der Waals surface area (Å²) in [4.78, 5) is 2.78. The van der Waals surface area contributed by atoms with Crippen molar-refractivity contribution in [1.29, 1.82) is 0 Å². The fraction of sp³-hybridized carbons (Fsp3) is 0.462. The van der Waals surface area contributed by atoms with Crippen molar-refractivity contribution >= 4 is 34.5 Å². The van der Waals surface area contributed by atoms with Gasteiger partial charge in [0, 0.05) is 28.4 Å². The predicted molar refractivity (Wildman–Crippen MR) is 78.0 cm³/mol. The molecule has 2 N–H and O–H groups in total. The van der Waals surface area contributed by atoms with Crippen LogP contribution in [-0.2, 0) is 0 Å². The fourth-order valence-corrected chi connectivity index (χ4v) is 2.83. The Balaban J connectivity index is 2.50. The molecule has 2 rings (SSSR count). The number of hydrogen-bond acceptors (Lipinski definition) is 2. The van der Waals surface area contributed by atoms with E-state index in [0.29, 0.717) is 4.99 Å². The molecule has 0 radical (unpaired) electrons. The summed E-state index contributed by atoms with van der Waals surface area (Å²) in [5, 5.41) is 0.725. The summed E-state index contributed by atoms with van der Waals surface area (Å²) in [5.41, 5.74) is 7.90. The second kappa shape index (κ2) is 4.46. The van der Waals surface area contributed by atoms with Crippen molar-refractivity contribution in [1.82, 2.24) is 0 Å². The highest BCUT2D eigenvalue weighted by Gasteiger charge is 2.33. The Morgan fingerprint density at radius 2 is 2.18 bits per heavy atom. The van der Waals surface area contributed by atoms with Crippen molar-refractivity contribution in [3.05, 3.63) is 28.8 Å². The fourth-order valence-electron chi connectivity index (χ4n) is 2.49. The summed E-state index contributed by atoms with van der Waals surface area (Å²) in [7, 11) is 0. The summed E-state index contributed by atoms with van der Waals surface area (Å²) < 4.78 is 0. The van der Waals surface area contributed by atoms with Gasteiger partial charge in [0.25, 0.3) is 0 Å². The van der Waals surface area contributed by atoms with Gasteiger partial charge in [-0.15, -0.1) is 0 Å². The number of rotatable bonds is 2. The molecule has 0 spiro atoms. The van der Waals surface area contributed by atoms with Gasteiger partial charge >= 0.3 is 0 Å². The van der Waals surface area contributed by atoms with Gasteiger partial charge in [0.05, 0.1) is 0 Å². The lowest BCUT2D eigenvalue weighted by molar-refractivity contribution is 0.518. The highest BCUT2D eigenvalue weighted by atomic mass is 35.5. The number of thiocarbonyl (C=S) groups is 1. The lowest BCUT2D eigenvalue weighted by Crippen LogP contribution is -2.39. The highest BCUT2D eigenvalue weighted by Crippen LogP contribution is 2.36. The van der Waals surface area contributed by atoms with Crippen LogP contribution in [0.15, 0.2) is 18.2 Å². The number of anilines is 1. The molecule has 92 valence electrons. The van der Waals surface area contributed by atoms with E-state index in [9.17, 15) is 0 Å². The van der Waals surface area contributed by atoms with E-state index in [1.54, 1.807) is 0 Å². The minimum absolute atomic E-state index is 0.143. The first kappa shape index (κ1) is 12.7. The summed E-state index contributed by atoms with van der Waals surface area (Å²) >= 11 is 11.2. The Morgan fingerprint density at radius 1 is 1.47 bits per heavy atom. The average Bonchev–Trinajstić information content (AvgIpc) is 2.57. The van der Waals surface area contributed by atoms with Crippen molar-refractivity contribution in [3.63, 3.8) is 0 Å². The molecule has 1 aliphatic rings. The molecular weight excluding hydrogens is 252 g/mol. The van der Waals surface area contributed by atoms with Crippen LogP contribution < -0.4 is 10.6 Å². The normalized spacial score (nSPS) is 18.4. The van der Waals surface area contributed by atoms with Crippen LogP contribution >= 0.6 is 23.8 Å². The summed E-state index contributed by atoms with van der Waals surface area (Å²) in [6.45, 7) is 5.51. The monoisotopic (exact) mass is 268 g/mol. The molecule has 0 bridgehead atoms. The van der Waals surface area contributed by atoms with Crippen LogP contribution in [0.2, 0.25) is 5.02 Å². The number of nitrogens with zero attached hydrogens (tertiary/aromatic N) is 1. The lowest BCUT2D eigenvalue weighted by atomic mass is 10.0. The maximum atomic E-state index is 6.08. The Labute approximate surface area is 113 Å². The van der Waals surface area contributed by atoms with Crippen molar-refractivity contribution in [2.24, 2.45) is 5.73 Å². The molecule has 0 unspecified atom stereocenters. The molecule has 0 aromatic heterocycles. The smallest absolute Gasteiger partial charge is 0.106 e. The highest BCUT2D eigenvalue weighted by molar-refractivity contribution is 7.80. The summed E-state index contributed by atoms with van der Waals surface area (Å²) in [6, 6.07) is 5.71. The maximum absolute atomic E-state index is 6.08. The van der Waals surface area contributed by atoms with Crippen molar-refractivity contribution in [2.75, 3.05) is 11.4 Å². The quantitative estimate of drug-likeness (QED) is 0.834. The predicted octanol–water partition coefficient (Wildman–Crippen LogP) is 3.35. The molecule has 17 heavy (non-hydrogen) atoms. The maximum Gasteiger partial charge on any atom is 0.106 e. The molecule has 1 saturated heterocycles. The molecule has 0 atom stereocenters. The van der Waals surface area contributed by atoms with Crippen molar-refractivity contribution < 1.29 is 0 Å². The van der Waals surface area contributed by atoms with E-state index >= 15 is 0 Å². The number of nitrogens with two attached hydrogens (primary N) is 1. The van der Waals surface area contributed by atoms with Gasteiger partial charge in [0.1, 0.15) is 4.99 Å². The second-order valence-corrected chi connectivity index (χ2v) is 5.97. The van der Waals surface area contributed by atoms with E-state index in [1.165, 1.54) is 12.8 Å².